The molecule has 3 aromatic rings. The number of ether oxygens (including phenoxy) is 5. The van der Waals surface area contributed by atoms with E-state index in [0.29, 0.717) is 11.3 Å². The second-order valence-electron chi connectivity index (χ2n) is 12.0. The molecule has 0 bridgehead atoms. The molecule has 0 saturated carbocycles. The number of benzene rings is 2. The summed E-state index contributed by atoms with van der Waals surface area (Å²) < 4.78 is 34.5. The highest BCUT2D eigenvalue weighted by Crippen LogP contribution is 2.41. The third-order valence-electron chi connectivity index (χ3n) is 8.37. The van der Waals surface area contributed by atoms with E-state index in [0.717, 1.165) is 11.6 Å². The molecule has 1 aromatic heterocycles. The number of phenolic OH excluding ortho intramolecular Hbond substituents is 1. The first-order chi connectivity index (χ1) is 22.8. The Bertz CT molecular complexity index is 1680. The maximum absolute atomic E-state index is 14.3. The third kappa shape index (κ3) is 6.74. The van der Waals surface area contributed by atoms with Crippen molar-refractivity contribution >= 4 is 11.0 Å². The number of aliphatic hydroxyl groups is 7. The van der Waals surface area contributed by atoms with Crippen LogP contribution in [0.5, 0.6) is 23.0 Å². The van der Waals surface area contributed by atoms with Crippen molar-refractivity contribution in [3.8, 4) is 34.3 Å². The number of fused-ring (bicyclic) bond motifs is 1. The quantitative estimate of drug-likeness (QED) is 0.140. The molecule has 2 fully saturated rings. The van der Waals surface area contributed by atoms with Gasteiger partial charge < -0.3 is 69.0 Å². The van der Waals surface area contributed by atoms with Crippen LogP contribution in [0.2, 0.25) is 0 Å². The Morgan fingerprint density at radius 1 is 0.875 bits per heavy atom. The lowest BCUT2D eigenvalue weighted by Crippen LogP contribution is -2.60. The summed E-state index contributed by atoms with van der Waals surface area (Å²) in [5, 5.41) is 82.9. The van der Waals surface area contributed by atoms with Crippen LogP contribution in [0.3, 0.4) is 0 Å². The Kier molecular flexibility index (Phi) is 10.6. The maximum atomic E-state index is 14.3. The summed E-state index contributed by atoms with van der Waals surface area (Å²) >= 11 is 0. The average molecular weight is 677 g/mol. The molecule has 2 saturated heterocycles. The molecule has 8 N–H and O–H groups in total. The highest BCUT2D eigenvalue weighted by atomic mass is 16.7. The zero-order valence-electron chi connectivity index (χ0n) is 26.6. The van der Waals surface area contributed by atoms with Gasteiger partial charge in [-0.05, 0) is 51.5 Å². The fourth-order valence-electron chi connectivity index (χ4n) is 5.52. The SMILES string of the molecule is COc1ccc(-c2oc3c(CC=C(C)C)c(O[C@H]4O[C@@H](CO)[C@H](O)[C@@H](O)[C@@H]4O)cc(O)c3c(=O)c2O[C@@H]2O[C@@H](C)[C@H](O)[C@@H](O)[C@H]2O)cc1. The molecule has 2 aliphatic heterocycles. The number of aliphatic hydroxyl groups excluding tert-OH is 7. The molecule has 0 radical (unpaired) electrons. The first-order valence-corrected chi connectivity index (χ1v) is 15.2. The van der Waals surface area contributed by atoms with E-state index in [1.165, 1.54) is 14.0 Å². The van der Waals surface area contributed by atoms with Crippen LogP contribution < -0.4 is 19.6 Å². The topological polar surface area (TPSA) is 238 Å². The minimum Gasteiger partial charge on any atom is -0.507 e. The summed E-state index contributed by atoms with van der Waals surface area (Å²) in [6, 6.07) is 7.41. The third-order valence-corrected chi connectivity index (χ3v) is 8.37. The van der Waals surface area contributed by atoms with E-state index in [1.54, 1.807) is 30.3 Å². The van der Waals surface area contributed by atoms with Gasteiger partial charge in [-0.1, -0.05) is 11.6 Å². The lowest BCUT2D eigenvalue weighted by atomic mass is 9.99. The number of phenols is 1. The molecule has 0 spiro atoms. The highest BCUT2D eigenvalue weighted by molar-refractivity contribution is 5.91. The van der Waals surface area contributed by atoms with Crippen molar-refractivity contribution in [1.82, 2.24) is 0 Å². The summed E-state index contributed by atoms with van der Waals surface area (Å²) in [5.41, 5.74) is 0.341. The minimum atomic E-state index is -1.77. The van der Waals surface area contributed by atoms with Gasteiger partial charge in [-0.25, -0.2) is 0 Å². The standard InChI is InChI=1S/C33H40O15/c1-13(2)5-10-17-19(45-33-28(42)26(40)23(37)20(12-34)46-33)11-18(35)21-24(38)31(48-32-27(41)25(39)22(36)14(3)44-32)29(47-30(17)21)15-6-8-16(43-4)9-7-15/h5-9,11,14,20,22-23,25-28,32-37,39-42H,10,12H2,1-4H3/t14-,20-,22-,23-,25+,26+,27+,28-,32-,33-/m0/s1. The largest absolute Gasteiger partial charge is 0.507 e. The van der Waals surface area contributed by atoms with Crippen molar-refractivity contribution in [2.24, 2.45) is 0 Å². The van der Waals surface area contributed by atoms with Gasteiger partial charge in [0.25, 0.3) is 0 Å². The summed E-state index contributed by atoms with van der Waals surface area (Å²) in [6.07, 6.45) is -13.7. The molecule has 15 heteroatoms. The molecular weight excluding hydrogens is 636 g/mol. The number of methoxy groups -OCH3 is 1. The smallest absolute Gasteiger partial charge is 0.239 e. The van der Waals surface area contributed by atoms with Crippen LogP contribution in [0.1, 0.15) is 26.3 Å². The molecule has 48 heavy (non-hydrogen) atoms. The lowest BCUT2D eigenvalue weighted by Gasteiger charge is -2.39. The van der Waals surface area contributed by atoms with Gasteiger partial charge in [0.15, 0.2) is 5.76 Å². The number of hydrogen-bond acceptors (Lipinski definition) is 15. The van der Waals surface area contributed by atoms with Gasteiger partial charge in [-0.15, -0.1) is 0 Å². The molecule has 5 rings (SSSR count). The Morgan fingerprint density at radius 2 is 1.50 bits per heavy atom. The Hall–Kier alpha value is -3.77. The molecule has 3 heterocycles. The fourth-order valence-corrected chi connectivity index (χ4v) is 5.52. The maximum Gasteiger partial charge on any atom is 0.239 e. The van der Waals surface area contributed by atoms with Crippen molar-refractivity contribution in [1.29, 1.82) is 0 Å². The van der Waals surface area contributed by atoms with Gasteiger partial charge in [0, 0.05) is 17.2 Å². The summed E-state index contributed by atoms with van der Waals surface area (Å²) in [6.45, 7) is 4.40. The molecule has 2 aromatic carbocycles. The van der Waals surface area contributed by atoms with Crippen molar-refractivity contribution in [2.75, 3.05) is 13.7 Å². The van der Waals surface area contributed by atoms with E-state index in [1.807, 2.05) is 13.8 Å². The van der Waals surface area contributed by atoms with Gasteiger partial charge in [0.05, 0.1) is 19.8 Å². The van der Waals surface area contributed by atoms with E-state index in [2.05, 4.69) is 0 Å². The van der Waals surface area contributed by atoms with Gasteiger partial charge in [-0.2, -0.15) is 0 Å². The van der Waals surface area contributed by atoms with E-state index in [9.17, 15) is 45.6 Å². The summed E-state index contributed by atoms with van der Waals surface area (Å²) in [4.78, 5) is 14.3. The van der Waals surface area contributed by atoms with E-state index < -0.39 is 84.9 Å². The Morgan fingerprint density at radius 3 is 2.10 bits per heavy atom. The summed E-state index contributed by atoms with van der Waals surface area (Å²) in [5.74, 6) is -0.922. The highest BCUT2D eigenvalue weighted by Gasteiger charge is 2.46. The lowest BCUT2D eigenvalue weighted by molar-refractivity contribution is -0.277. The Labute approximate surface area is 274 Å². The second kappa shape index (κ2) is 14.4. The van der Waals surface area contributed by atoms with Crippen LogP contribution >= 0.6 is 0 Å². The number of aromatic hydroxyl groups is 1. The predicted molar refractivity (Wildman–Crippen MR) is 167 cm³/mol. The van der Waals surface area contributed by atoms with Gasteiger partial charge in [0.2, 0.25) is 23.8 Å². The van der Waals surface area contributed by atoms with E-state index in [4.69, 9.17) is 28.1 Å². The fraction of sp³-hybridized carbons (Fsp3) is 0.485. The zero-order valence-corrected chi connectivity index (χ0v) is 26.6. The number of allylic oxidation sites excluding steroid dienone is 2. The number of hydrogen-bond donors (Lipinski definition) is 8. The van der Waals surface area contributed by atoms with Gasteiger partial charge in [-0.3, -0.25) is 4.79 Å². The molecule has 0 aliphatic carbocycles. The van der Waals surface area contributed by atoms with Crippen LogP contribution in [-0.4, -0.2) is 116 Å². The average Bonchev–Trinajstić information content (AvgIpc) is 3.06. The number of rotatable bonds is 9. The second-order valence-corrected chi connectivity index (χ2v) is 12.0. The van der Waals surface area contributed by atoms with Gasteiger partial charge >= 0.3 is 0 Å². The monoisotopic (exact) mass is 676 g/mol. The van der Waals surface area contributed by atoms with Crippen LogP contribution in [-0.2, 0) is 15.9 Å². The molecule has 2 aliphatic rings. The van der Waals surface area contributed by atoms with Crippen molar-refractivity contribution in [3.63, 3.8) is 0 Å². The van der Waals surface area contributed by atoms with E-state index >= 15 is 0 Å². The van der Waals surface area contributed by atoms with Crippen LogP contribution in [0.4, 0.5) is 0 Å². The van der Waals surface area contributed by atoms with Crippen LogP contribution in [0.25, 0.3) is 22.3 Å². The molecule has 0 amide bonds. The van der Waals surface area contributed by atoms with Crippen molar-refractivity contribution < 1.29 is 69.0 Å². The normalized spacial score (nSPS) is 30.6. The molecule has 0 unspecified atom stereocenters. The van der Waals surface area contributed by atoms with Crippen LogP contribution in [0.15, 0.2) is 51.2 Å². The first-order valence-electron chi connectivity index (χ1n) is 15.2. The van der Waals surface area contributed by atoms with Gasteiger partial charge in [0.1, 0.15) is 70.9 Å². The van der Waals surface area contributed by atoms with E-state index in [-0.39, 0.29) is 34.5 Å². The molecule has 10 atom stereocenters. The van der Waals surface area contributed by atoms with Crippen molar-refractivity contribution in [2.45, 2.75) is 88.6 Å². The minimum absolute atomic E-state index is 0.0725. The van der Waals surface area contributed by atoms with Crippen LogP contribution in [0, 0.1) is 0 Å². The molecular formula is C33H40O15. The van der Waals surface area contributed by atoms with Crippen molar-refractivity contribution in [3.05, 3.63) is 57.8 Å². The zero-order chi connectivity index (χ0) is 35.0. The predicted octanol–water partition coefficient (Wildman–Crippen LogP) is 0.0679. The molecule has 15 nitrogen and oxygen atoms in total. The summed E-state index contributed by atoms with van der Waals surface area (Å²) in [7, 11) is 1.47. The first kappa shape index (κ1) is 35.5. The Balaban J connectivity index is 1.71. The molecule has 262 valence electrons.